The number of nitrogens with one attached hydrogen (secondary N) is 1. The van der Waals surface area contributed by atoms with Gasteiger partial charge in [0.1, 0.15) is 0 Å². The summed E-state index contributed by atoms with van der Waals surface area (Å²) in [6, 6.07) is 4.03. The first-order valence-electron chi connectivity index (χ1n) is 10.4. The summed E-state index contributed by atoms with van der Waals surface area (Å²) in [5.74, 6) is -2.47. The molecule has 3 heterocycles. The molecule has 2 fully saturated rings. The monoisotopic (exact) mass is 486 g/mol. The van der Waals surface area contributed by atoms with E-state index in [9.17, 15) is 23.3 Å². The predicted octanol–water partition coefficient (Wildman–Crippen LogP) is 1.73. The Balaban J connectivity index is 0.000000406. The fourth-order valence-corrected chi connectivity index (χ4v) is 3.78. The van der Waals surface area contributed by atoms with Gasteiger partial charge in [0.2, 0.25) is 0 Å². The highest BCUT2D eigenvalue weighted by molar-refractivity contribution is 5.82. The lowest BCUT2D eigenvalue weighted by Crippen LogP contribution is -2.61. The highest BCUT2D eigenvalue weighted by Gasteiger charge is 2.38. The normalized spacial score (nSPS) is 16.9. The van der Waals surface area contributed by atoms with Crippen molar-refractivity contribution in [2.45, 2.75) is 12.2 Å². The van der Waals surface area contributed by atoms with Crippen molar-refractivity contribution in [3.63, 3.8) is 0 Å². The molecule has 2 aromatic rings. The third kappa shape index (κ3) is 5.75. The molecule has 11 nitrogen and oxygen atoms in total. The van der Waals surface area contributed by atoms with Crippen LogP contribution in [0.15, 0.2) is 24.5 Å². The summed E-state index contributed by atoms with van der Waals surface area (Å²) < 4.78 is 38.8. The van der Waals surface area contributed by atoms with Gasteiger partial charge >= 0.3 is 17.8 Å². The molecule has 2 aliphatic rings. The van der Waals surface area contributed by atoms with Gasteiger partial charge in [-0.15, -0.1) is 0 Å². The minimum Gasteiger partial charge on any atom is -0.490 e. The topological polar surface area (TPSA) is 126 Å². The van der Waals surface area contributed by atoms with Crippen molar-refractivity contribution in [1.29, 1.82) is 0 Å². The Bertz CT molecular complexity index is 1030. The SMILES string of the molecule is COc1cc(N2CCN(C3CNC3)CC2)c(-c2cnn(C)c2)cc1[N+](=O)[O-].O=C(O)C(F)(F)F. The largest absolute Gasteiger partial charge is 0.490 e. The summed E-state index contributed by atoms with van der Waals surface area (Å²) in [4.78, 5) is 24.8. The number of ether oxygens (including phenoxy) is 1. The summed E-state index contributed by atoms with van der Waals surface area (Å²) in [6.07, 6.45) is -1.46. The van der Waals surface area contributed by atoms with Crippen LogP contribution in [-0.2, 0) is 11.8 Å². The molecule has 1 aromatic carbocycles. The number of aromatic nitrogens is 2. The summed E-state index contributed by atoms with van der Waals surface area (Å²) in [5.41, 5.74) is 2.61. The average Bonchev–Trinajstić information content (AvgIpc) is 3.18. The van der Waals surface area contributed by atoms with Gasteiger partial charge in [-0.2, -0.15) is 18.3 Å². The molecule has 0 unspecified atom stereocenters. The molecule has 0 bridgehead atoms. The highest BCUT2D eigenvalue weighted by Crippen LogP contribution is 2.40. The maximum atomic E-state index is 11.5. The predicted molar refractivity (Wildman–Crippen MR) is 116 cm³/mol. The maximum Gasteiger partial charge on any atom is 0.490 e. The van der Waals surface area contributed by atoms with Crippen LogP contribution in [0, 0.1) is 10.1 Å². The van der Waals surface area contributed by atoms with Crippen LogP contribution < -0.4 is 15.0 Å². The Kier molecular flexibility index (Phi) is 7.61. The molecule has 34 heavy (non-hydrogen) atoms. The number of benzene rings is 1. The van der Waals surface area contributed by atoms with E-state index in [0.29, 0.717) is 6.04 Å². The molecule has 0 aliphatic carbocycles. The van der Waals surface area contributed by atoms with Gasteiger partial charge in [-0.1, -0.05) is 0 Å². The Morgan fingerprint density at radius 3 is 2.29 bits per heavy atom. The smallest absolute Gasteiger partial charge is 0.490 e. The summed E-state index contributed by atoms with van der Waals surface area (Å²) in [6.45, 7) is 5.85. The van der Waals surface area contributed by atoms with Crippen molar-refractivity contribution in [1.82, 2.24) is 20.0 Å². The summed E-state index contributed by atoms with van der Waals surface area (Å²) in [5, 5.41) is 26.2. The Morgan fingerprint density at radius 1 is 1.26 bits per heavy atom. The molecule has 2 aliphatic heterocycles. The van der Waals surface area contributed by atoms with Crippen LogP contribution in [-0.4, -0.2) is 89.3 Å². The molecule has 2 saturated heterocycles. The van der Waals surface area contributed by atoms with E-state index in [-0.39, 0.29) is 11.4 Å². The van der Waals surface area contributed by atoms with Crippen LogP contribution in [0.5, 0.6) is 5.75 Å². The molecule has 0 saturated carbocycles. The third-order valence-corrected chi connectivity index (χ3v) is 5.68. The van der Waals surface area contributed by atoms with Crippen LogP contribution in [0.1, 0.15) is 0 Å². The zero-order chi connectivity index (χ0) is 25.0. The van der Waals surface area contributed by atoms with E-state index >= 15 is 0 Å². The number of halogens is 3. The maximum absolute atomic E-state index is 11.5. The fraction of sp³-hybridized carbons (Fsp3) is 0.500. The lowest BCUT2D eigenvalue weighted by atomic mass is 10.0. The van der Waals surface area contributed by atoms with E-state index < -0.39 is 17.1 Å². The molecule has 0 amide bonds. The second-order valence-corrected chi connectivity index (χ2v) is 7.84. The molecule has 0 spiro atoms. The number of nitro benzene ring substituents is 1. The molecular weight excluding hydrogens is 461 g/mol. The van der Waals surface area contributed by atoms with Crippen molar-refractivity contribution in [2.24, 2.45) is 7.05 Å². The Labute approximate surface area is 192 Å². The standard InChI is InChI=1S/C18H24N6O3.C2HF3O2/c1-21-12-13(9-20-21)15-7-17(24(25)26)18(27-2)8-16(15)23-5-3-22(4-6-23)14-10-19-11-14;3-2(4,5)1(6)7/h7-9,12,14,19H,3-6,10-11H2,1-2H3;(H,6,7). The number of aryl methyl sites for hydroxylation is 1. The van der Waals surface area contributed by atoms with Crippen LogP contribution in [0.3, 0.4) is 0 Å². The van der Waals surface area contributed by atoms with Crippen LogP contribution in [0.4, 0.5) is 24.5 Å². The second kappa shape index (κ2) is 10.3. The fourth-order valence-electron chi connectivity index (χ4n) is 3.78. The third-order valence-electron chi connectivity index (χ3n) is 5.68. The van der Waals surface area contributed by atoms with Gasteiger partial charge in [0.15, 0.2) is 5.75 Å². The highest BCUT2D eigenvalue weighted by atomic mass is 19.4. The molecule has 14 heteroatoms. The lowest BCUT2D eigenvalue weighted by molar-refractivity contribution is -0.385. The number of carboxylic acids is 1. The van der Waals surface area contributed by atoms with Gasteiger partial charge in [0.05, 0.1) is 18.2 Å². The number of piperazine rings is 1. The lowest BCUT2D eigenvalue weighted by Gasteiger charge is -2.44. The van der Waals surface area contributed by atoms with E-state index in [2.05, 4.69) is 20.2 Å². The van der Waals surface area contributed by atoms with Gasteiger partial charge < -0.3 is 20.1 Å². The first kappa shape index (κ1) is 25.2. The van der Waals surface area contributed by atoms with E-state index in [4.69, 9.17) is 14.6 Å². The van der Waals surface area contributed by atoms with Crippen LogP contribution in [0.25, 0.3) is 11.1 Å². The number of nitrogens with zero attached hydrogens (tertiary/aromatic N) is 5. The molecule has 2 N–H and O–H groups in total. The number of nitro groups is 1. The van der Waals surface area contributed by atoms with E-state index in [1.807, 2.05) is 13.2 Å². The minimum absolute atomic E-state index is 0.0284. The Morgan fingerprint density at radius 2 is 1.88 bits per heavy atom. The summed E-state index contributed by atoms with van der Waals surface area (Å²) in [7, 11) is 3.31. The molecule has 1 aromatic heterocycles. The second-order valence-electron chi connectivity index (χ2n) is 7.84. The molecular formula is C20H25F3N6O5. The number of carbonyl (C=O) groups is 1. The first-order valence-corrected chi connectivity index (χ1v) is 10.4. The van der Waals surface area contributed by atoms with Crippen molar-refractivity contribution >= 4 is 17.3 Å². The van der Waals surface area contributed by atoms with Crippen molar-refractivity contribution < 1.29 is 32.7 Å². The van der Waals surface area contributed by atoms with E-state index in [1.165, 1.54) is 7.11 Å². The first-order chi connectivity index (χ1) is 16.0. The number of alkyl halides is 3. The Hall–Kier alpha value is -3.39. The van der Waals surface area contributed by atoms with Crippen molar-refractivity contribution in [3.05, 3.63) is 34.6 Å². The van der Waals surface area contributed by atoms with Crippen LogP contribution in [0.2, 0.25) is 0 Å². The van der Waals surface area contributed by atoms with Gasteiger partial charge in [-0.05, 0) is 0 Å². The van der Waals surface area contributed by atoms with Crippen molar-refractivity contribution in [3.8, 4) is 16.9 Å². The number of methoxy groups -OCH3 is 1. The average molecular weight is 486 g/mol. The zero-order valence-corrected chi connectivity index (χ0v) is 18.6. The van der Waals surface area contributed by atoms with Gasteiger partial charge in [-0.25, -0.2) is 4.79 Å². The van der Waals surface area contributed by atoms with Gasteiger partial charge in [-0.3, -0.25) is 19.7 Å². The molecule has 0 atom stereocenters. The molecule has 186 valence electrons. The number of aliphatic carboxylic acids is 1. The number of anilines is 1. The van der Waals surface area contributed by atoms with Crippen LogP contribution >= 0.6 is 0 Å². The summed E-state index contributed by atoms with van der Waals surface area (Å²) >= 11 is 0. The molecule has 0 radical (unpaired) electrons. The number of carboxylic acid groups (broad SMARTS) is 1. The molecule has 4 rings (SSSR count). The van der Waals surface area contributed by atoms with E-state index in [1.54, 1.807) is 23.0 Å². The van der Waals surface area contributed by atoms with Gasteiger partial charge in [0.25, 0.3) is 0 Å². The number of hydrogen-bond acceptors (Lipinski definition) is 8. The number of rotatable bonds is 5. The minimum atomic E-state index is -5.08. The van der Waals surface area contributed by atoms with E-state index in [0.717, 1.165) is 56.1 Å². The quantitative estimate of drug-likeness (QED) is 0.480. The van der Waals surface area contributed by atoms with Crippen molar-refractivity contribution in [2.75, 3.05) is 51.3 Å². The van der Waals surface area contributed by atoms with Gasteiger partial charge in [0, 0.05) is 87.5 Å². The number of hydrogen-bond donors (Lipinski definition) is 2. The zero-order valence-electron chi connectivity index (χ0n) is 18.6.